The molecule has 0 spiro atoms. The Hall–Kier alpha value is -1.39. The lowest BCUT2D eigenvalue weighted by Crippen LogP contribution is -2.43. The molecule has 0 saturated heterocycles. The third-order valence-electron chi connectivity index (χ3n) is 5.43. The first-order valence-electron chi connectivity index (χ1n) is 10.3. The minimum absolute atomic E-state index is 0.0507. The summed E-state index contributed by atoms with van der Waals surface area (Å²) in [6.07, 6.45) is 6.56. The SMILES string of the molecule is CCCCC(CC(=O)C(CCC)C(CCC)(CCCC)C(=O)O)C(=O)O. The van der Waals surface area contributed by atoms with Gasteiger partial charge in [0.1, 0.15) is 5.78 Å². The van der Waals surface area contributed by atoms with E-state index in [0.29, 0.717) is 38.5 Å². The van der Waals surface area contributed by atoms with E-state index in [9.17, 15) is 24.6 Å². The molecule has 0 aliphatic heterocycles. The third-order valence-corrected chi connectivity index (χ3v) is 5.43. The molecule has 152 valence electrons. The average molecular weight is 371 g/mol. The smallest absolute Gasteiger partial charge is 0.310 e. The molecule has 5 heteroatoms. The maximum absolute atomic E-state index is 13.1. The van der Waals surface area contributed by atoms with E-state index in [1.165, 1.54) is 0 Å². The number of aliphatic carboxylic acids is 2. The summed E-state index contributed by atoms with van der Waals surface area (Å²) in [5.41, 5.74) is -1.06. The fourth-order valence-corrected chi connectivity index (χ4v) is 3.96. The number of hydrogen-bond donors (Lipinski definition) is 2. The van der Waals surface area contributed by atoms with Crippen LogP contribution in [-0.4, -0.2) is 27.9 Å². The molecule has 0 bridgehead atoms. The number of carboxylic acid groups (broad SMARTS) is 2. The van der Waals surface area contributed by atoms with E-state index in [-0.39, 0.29) is 12.2 Å². The van der Waals surface area contributed by atoms with Crippen molar-refractivity contribution in [2.75, 3.05) is 0 Å². The molecule has 2 N–H and O–H groups in total. The summed E-state index contributed by atoms with van der Waals surface area (Å²) in [5, 5.41) is 19.5. The molecule has 0 radical (unpaired) electrons. The van der Waals surface area contributed by atoms with Crippen LogP contribution in [0.2, 0.25) is 0 Å². The minimum Gasteiger partial charge on any atom is -0.481 e. The zero-order chi connectivity index (χ0) is 20.2. The lowest BCUT2D eigenvalue weighted by Gasteiger charge is -2.37. The van der Waals surface area contributed by atoms with Crippen molar-refractivity contribution in [3.63, 3.8) is 0 Å². The minimum atomic E-state index is -1.06. The van der Waals surface area contributed by atoms with Crippen molar-refractivity contribution in [3.05, 3.63) is 0 Å². The molecule has 0 aliphatic rings. The molecule has 0 heterocycles. The van der Waals surface area contributed by atoms with E-state index >= 15 is 0 Å². The molecule has 0 saturated carbocycles. The van der Waals surface area contributed by atoms with Gasteiger partial charge in [0.05, 0.1) is 11.3 Å². The molecule has 5 nitrogen and oxygen atoms in total. The van der Waals surface area contributed by atoms with Gasteiger partial charge in [0, 0.05) is 12.3 Å². The van der Waals surface area contributed by atoms with Crippen molar-refractivity contribution in [3.8, 4) is 0 Å². The Morgan fingerprint density at radius 1 is 0.808 bits per heavy atom. The Bertz CT molecular complexity index is 446. The normalized spacial score (nSPS) is 15.8. The highest BCUT2D eigenvalue weighted by molar-refractivity contribution is 5.90. The van der Waals surface area contributed by atoms with Gasteiger partial charge < -0.3 is 10.2 Å². The predicted molar refractivity (Wildman–Crippen MR) is 103 cm³/mol. The predicted octanol–water partition coefficient (Wildman–Crippen LogP) is 5.31. The van der Waals surface area contributed by atoms with Crippen LogP contribution in [-0.2, 0) is 14.4 Å². The molecule has 3 atom stereocenters. The summed E-state index contributed by atoms with van der Waals surface area (Å²) < 4.78 is 0. The van der Waals surface area contributed by atoms with Gasteiger partial charge in [-0.15, -0.1) is 0 Å². The lowest BCUT2D eigenvalue weighted by atomic mass is 9.64. The Kier molecular flexibility index (Phi) is 12.2. The van der Waals surface area contributed by atoms with Crippen LogP contribution < -0.4 is 0 Å². The van der Waals surface area contributed by atoms with Gasteiger partial charge in [-0.3, -0.25) is 14.4 Å². The van der Waals surface area contributed by atoms with Crippen LogP contribution in [0.25, 0.3) is 0 Å². The quantitative estimate of drug-likeness (QED) is 0.384. The van der Waals surface area contributed by atoms with Gasteiger partial charge in [-0.05, 0) is 25.7 Å². The second kappa shape index (κ2) is 12.9. The molecule has 0 amide bonds. The molecule has 0 fully saturated rings. The molecular formula is C21H38O5. The molecule has 26 heavy (non-hydrogen) atoms. The van der Waals surface area contributed by atoms with E-state index in [4.69, 9.17) is 0 Å². The van der Waals surface area contributed by atoms with Gasteiger partial charge in [-0.25, -0.2) is 0 Å². The summed E-state index contributed by atoms with van der Waals surface area (Å²) in [7, 11) is 0. The van der Waals surface area contributed by atoms with Crippen molar-refractivity contribution >= 4 is 17.7 Å². The molecule has 0 aromatic rings. The van der Waals surface area contributed by atoms with Crippen molar-refractivity contribution in [1.29, 1.82) is 0 Å². The fourth-order valence-electron chi connectivity index (χ4n) is 3.96. The van der Waals surface area contributed by atoms with Crippen LogP contribution in [0.1, 0.15) is 98.3 Å². The molecule has 0 rings (SSSR count). The summed E-state index contributed by atoms with van der Waals surface area (Å²) in [5.74, 6) is -3.34. The molecule has 3 unspecified atom stereocenters. The number of unbranched alkanes of at least 4 members (excludes halogenated alkanes) is 2. The maximum atomic E-state index is 13.1. The first kappa shape index (κ1) is 24.6. The van der Waals surface area contributed by atoms with Crippen LogP contribution in [0.15, 0.2) is 0 Å². The van der Waals surface area contributed by atoms with Gasteiger partial charge in [-0.2, -0.15) is 0 Å². The second-order valence-electron chi connectivity index (χ2n) is 7.50. The largest absolute Gasteiger partial charge is 0.481 e. The molecular weight excluding hydrogens is 332 g/mol. The Labute approximate surface area is 158 Å². The Morgan fingerprint density at radius 3 is 1.85 bits per heavy atom. The van der Waals surface area contributed by atoms with Crippen molar-refractivity contribution < 1.29 is 24.6 Å². The highest BCUT2D eigenvalue weighted by atomic mass is 16.4. The van der Waals surface area contributed by atoms with Crippen LogP contribution in [0.3, 0.4) is 0 Å². The third kappa shape index (κ3) is 7.08. The number of carboxylic acids is 2. The summed E-state index contributed by atoms with van der Waals surface area (Å²) in [6.45, 7) is 7.89. The zero-order valence-electron chi connectivity index (χ0n) is 17.1. The van der Waals surface area contributed by atoms with Crippen molar-refractivity contribution in [2.24, 2.45) is 17.3 Å². The Morgan fingerprint density at radius 2 is 1.42 bits per heavy atom. The van der Waals surface area contributed by atoms with Gasteiger partial charge in [0.15, 0.2) is 0 Å². The van der Waals surface area contributed by atoms with E-state index in [0.717, 1.165) is 25.7 Å². The number of carbonyl (C=O) groups excluding carboxylic acids is 1. The first-order valence-corrected chi connectivity index (χ1v) is 10.3. The number of carbonyl (C=O) groups is 3. The average Bonchev–Trinajstić information content (AvgIpc) is 2.59. The van der Waals surface area contributed by atoms with Crippen LogP contribution in [0.5, 0.6) is 0 Å². The molecule has 0 aromatic heterocycles. The van der Waals surface area contributed by atoms with E-state index in [1.807, 2.05) is 27.7 Å². The number of rotatable bonds is 16. The maximum Gasteiger partial charge on any atom is 0.310 e. The summed E-state index contributed by atoms with van der Waals surface area (Å²) >= 11 is 0. The van der Waals surface area contributed by atoms with Gasteiger partial charge in [-0.1, -0.05) is 66.2 Å². The second-order valence-corrected chi connectivity index (χ2v) is 7.50. The van der Waals surface area contributed by atoms with E-state index in [2.05, 4.69) is 0 Å². The standard InChI is InChI=1S/C21H38O5/c1-5-9-12-16(19(23)24)15-18(22)17(11-7-3)21(13-8-4,20(25)26)14-10-6-2/h16-17H,5-15H2,1-4H3,(H,23,24)(H,25,26). The van der Waals surface area contributed by atoms with Crippen LogP contribution in [0.4, 0.5) is 0 Å². The highest BCUT2D eigenvalue weighted by Gasteiger charge is 2.47. The van der Waals surface area contributed by atoms with Crippen molar-refractivity contribution in [2.45, 2.75) is 98.3 Å². The number of hydrogen-bond acceptors (Lipinski definition) is 3. The highest BCUT2D eigenvalue weighted by Crippen LogP contribution is 2.43. The van der Waals surface area contributed by atoms with Gasteiger partial charge >= 0.3 is 11.9 Å². The summed E-state index contributed by atoms with van der Waals surface area (Å²) in [4.78, 5) is 36.9. The van der Waals surface area contributed by atoms with Crippen molar-refractivity contribution in [1.82, 2.24) is 0 Å². The zero-order valence-corrected chi connectivity index (χ0v) is 17.1. The van der Waals surface area contributed by atoms with Gasteiger partial charge in [0.25, 0.3) is 0 Å². The lowest BCUT2D eigenvalue weighted by molar-refractivity contribution is -0.159. The summed E-state index contributed by atoms with van der Waals surface area (Å²) in [6, 6.07) is 0. The fraction of sp³-hybridized carbons (Fsp3) is 0.857. The van der Waals surface area contributed by atoms with E-state index < -0.39 is 29.2 Å². The topological polar surface area (TPSA) is 91.7 Å². The molecule has 0 aromatic carbocycles. The Balaban J connectivity index is 5.66. The molecule has 0 aliphatic carbocycles. The van der Waals surface area contributed by atoms with Gasteiger partial charge in [0.2, 0.25) is 0 Å². The van der Waals surface area contributed by atoms with Crippen LogP contribution in [0, 0.1) is 17.3 Å². The number of ketones is 1. The van der Waals surface area contributed by atoms with Crippen LogP contribution >= 0.6 is 0 Å². The van der Waals surface area contributed by atoms with E-state index in [1.54, 1.807) is 0 Å². The first-order chi connectivity index (χ1) is 12.3. The number of Topliss-reactive ketones (excluding diaryl/α,β-unsaturated/α-hetero) is 1. The monoisotopic (exact) mass is 370 g/mol.